The Kier molecular flexibility index (Phi) is 6.82. The highest BCUT2D eigenvalue weighted by molar-refractivity contribution is 6.36. The van der Waals surface area contributed by atoms with Crippen LogP contribution in [0.25, 0.3) is 0 Å². The number of benzene rings is 3. The van der Waals surface area contributed by atoms with Crippen molar-refractivity contribution in [2.24, 2.45) is 0 Å². The second-order valence-electron chi connectivity index (χ2n) is 8.46. The minimum Gasteiger partial charge on any atom is -0.493 e. The highest BCUT2D eigenvalue weighted by Gasteiger charge is 2.26. The lowest BCUT2D eigenvalue weighted by Gasteiger charge is -2.23. The first-order chi connectivity index (χ1) is 17.9. The topological polar surface area (TPSA) is 72.8 Å². The van der Waals surface area contributed by atoms with E-state index >= 15 is 0 Å². The zero-order valence-electron chi connectivity index (χ0n) is 20.1. The SMILES string of the molecule is COc1ccc(C(=O)Nc2ccc(C(=O)N3Cc4cccn4Cc4ccccc43)c(Cl)c2)c(Cl)c1OC. The van der Waals surface area contributed by atoms with Gasteiger partial charge in [-0.2, -0.15) is 0 Å². The number of nitrogens with one attached hydrogen (secondary N) is 1. The third kappa shape index (κ3) is 4.63. The predicted octanol–water partition coefficient (Wildman–Crippen LogP) is 6.27. The number of halogens is 2. The molecule has 3 aromatic carbocycles. The number of hydrogen-bond acceptors (Lipinski definition) is 4. The molecule has 0 fully saturated rings. The van der Waals surface area contributed by atoms with Crippen molar-refractivity contribution in [3.8, 4) is 11.5 Å². The number of hydrogen-bond donors (Lipinski definition) is 1. The maximum atomic E-state index is 13.7. The summed E-state index contributed by atoms with van der Waals surface area (Å²) in [5, 5.41) is 3.12. The minimum absolute atomic E-state index is 0.127. The number of carbonyl (C=O) groups excluding carboxylic acids is 2. The molecule has 2 heterocycles. The molecule has 7 nitrogen and oxygen atoms in total. The molecule has 0 unspecified atom stereocenters. The molecule has 0 aliphatic carbocycles. The first kappa shape index (κ1) is 24.7. The summed E-state index contributed by atoms with van der Waals surface area (Å²) in [6, 6.07) is 19.8. The fraction of sp³-hybridized carbons (Fsp3) is 0.143. The number of aromatic nitrogens is 1. The number of rotatable bonds is 5. The van der Waals surface area contributed by atoms with Crippen molar-refractivity contribution in [3.05, 3.63) is 105 Å². The van der Waals surface area contributed by atoms with E-state index in [1.807, 2.05) is 42.6 Å². The zero-order chi connectivity index (χ0) is 26.1. The van der Waals surface area contributed by atoms with Gasteiger partial charge in [-0.15, -0.1) is 0 Å². The molecule has 188 valence electrons. The number of para-hydroxylation sites is 1. The number of ether oxygens (including phenoxy) is 2. The van der Waals surface area contributed by atoms with Crippen molar-refractivity contribution in [2.45, 2.75) is 13.1 Å². The lowest BCUT2D eigenvalue weighted by Crippen LogP contribution is -2.30. The summed E-state index contributed by atoms with van der Waals surface area (Å²) < 4.78 is 12.6. The van der Waals surface area contributed by atoms with Crippen LogP contribution in [0.2, 0.25) is 10.0 Å². The minimum atomic E-state index is -0.455. The first-order valence-corrected chi connectivity index (χ1v) is 12.2. The van der Waals surface area contributed by atoms with Crippen molar-refractivity contribution < 1.29 is 19.1 Å². The third-order valence-corrected chi connectivity index (χ3v) is 6.99. The summed E-state index contributed by atoms with van der Waals surface area (Å²) >= 11 is 12.9. The summed E-state index contributed by atoms with van der Waals surface area (Å²) in [4.78, 5) is 28.4. The number of fused-ring (bicyclic) bond motifs is 2. The van der Waals surface area contributed by atoms with E-state index in [4.69, 9.17) is 32.7 Å². The highest BCUT2D eigenvalue weighted by atomic mass is 35.5. The lowest BCUT2D eigenvalue weighted by atomic mass is 10.1. The molecule has 1 aromatic heterocycles. The van der Waals surface area contributed by atoms with Crippen LogP contribution in [0.1, 0.15) is 32.0 Å². The molecule has 1 N–H and O–H groups in total. The van der Waals surface area contributed by atoms with Gasteiger partial charge in [0.15, 0.2) is 11.5 Å². The molecule has 2 amide bonds. The van der Waals surface area contributed by atoms with Gasteiger partial charge in [0.05, 0.1) is 41.9 Å². The van der Waals surface area contributed by atoms with Crippen LogP contribution in [-0.2, 0) is 13.1 Å². The summed E-state index contributed by atoms with van der Waals surface area (Å²) in [5.41, 5.74) is 3.86. The van der Waals surface area contributed by atoms with Gasteiger partial charge in [-0.25, -0.2) is 0 Å². The van der Waals surface area contributed by atoms with E-state index in [1.54, 1.807) is 35.2 Å². The van der Waals surface area contributed by atoms with Gasteiger partial charge in [0, 0.05) is 29.8 Å². The van der Waals surface area contributed by atoms with Crippen LogP contribution in [0.3, 0.4) is 0 Å². The molecule has 0 saturated carbocycles. The van der Waals surface area contributed by atoms with Gasteiger partial charge in [0.2, 0.25) is 0 Å². The molecule has 1 aliphatic rings. The van der Waals surface area contributed by atoms with Crippen LogP contribution in [-0.4, -0.2) is 30.6 Å². The van der Waals surface area contributed by atoms with Crippen LogP contribution in [0, 0.1) is 0 Å². The Labute approximate surface area is 224 Å². The Morgan fingerprint density at radius 1 is 0.892 bits per heavy atom. The number of carbonyl (C=O) groups is 2. The number of methoxy groups -OCH3 is 2. The molecule has 0 spiro atoms. The van der Waals surface area contributed by atoms with Crippen LogP contribution >= 0.6 is 23.2 Å². The molecule has 9 heteroatoms. The van der Waals surface area contributed by atoms with Crippen molar-refractivity contribution in [3.63, 3.8) is 0 Å². The molecule has 0 bridgehead atoms. The van der Waals surface area contributed by atoms with Crippen LogP contribution in [0.15, 0.2) is 72.9 Å². The summed E-state index contributed by atoms with van der Waals surface area (Å²) in [7, 11) is 2.93. The molecule has 0 radical (unpaired) electrons. The average molecular weight is 536 g/mol. The van der Waals surface area contributed by atoms with Gasteiger partial charge in [-0.05, 0) is 54.1 Å². The van der Waals surface area contributed by atoms with E-state index in [1.165, 1.54) is 14.2 Å². The molecule has 37 heavy (non-hydrogen) atoms. The fourth-order valence-electron chi connectivity index (χ4n) is 4.44. The van der Waals surface area contributed by atoms with E-state index in [9.17, 15) is 9.59 Å². The zero-order valence-corrected chi connectivity index (χ0v) is 21.6. The van der Waals surface area contributed by atoms with Crippen molar-refractivity contribution in [1.29, 1.82) is 0 Å². The second-order valence-corrected chi connectivity index (χ2v) is 9.24. The highest BCUT2D eigenvalue weighted by Crippen LogP contribution is 2.38. The number of nitrogens with zero attached hydrogens (tertiary/aromatic N) is 2. The van der Waals surface area contributed by atoms with E-state index in [-0.39, 0.29) is 27.3 Å². The number of amides is 2. The lowest BCUT2D eigenvalue weighted by molar-refractivity contribution is 0.0984. The molecular weight excluding hydrogens is 513 g/mol. The Morgan fingerprint density at radius 2 is 1.68 bits per heavy atom. The Bertz CT molecular complexity index is 1520. The normalized spacial score (nSPS) is 12.3. The smallest absolute Gasteiger partial charge is 0.260 e. The molecule has 1 aliphatic heterocycles. The van der Waals surface area contributed by atoms with E-state index in [2.05, 4.69) is 9.88 Å². The Morgan fingerprint density at radius 3 is 2.43 bits per heavy atom. The number of anilines is 2. The largest absolute Gasteiger partial charge is 0.493 e. The van der Waals surface area contributed by atoms with Gasteiger partial charge in [0.25, 0.3) is 11.8 Å². The summed E-state index contributed by atoms with van der Waals surface area (Å²) in [6.45, 7) is 1.09. The van der Waals surface area contributed by atoms with Gasteiger partial charge in [-0.1, -0.05) is 41.4 Å². The van der Waals surface area contributed by atoms with Crippen LogP contribution in [0.5, 0.6) is 11.5 Å². The molecule has 4 aromatic rings. The second kappa shape index (κ2) is 10.2. The summed E-state index contributed by atoms with van der Waals surface area (Å²) in [5.74, 6) is -0.00630. The van der Waals surface area contributed by atoms with Gasteiger partial charge in [-0.3, -0.25) is 9.59 Å². The molecular formula is C28H23Cl2N3O4. The third-order valence-electron chi connectivity index (χ3n) is 6.30. The van der Waals surface area contributed by atoms with Crippen molar-refractivity contribution in [2.75, 3.05) is 24.4 Å². The quantitative estimate of drug-likeness (QED) is 0.326. The first-order valence-electron chi connectivity index (χ1n) is 11.5. The van der Waals surface area contributed by atoms with Crippen molar-refractivity contribution >= 4 is 46.4 Å². The van der Waals surface area contributed by atoms with E-state index in [0.29, 0.717) is 30.1 Å². The molecule has 0 saturated heterocycles. The van der Waals surface area contributed by atoms with Crippen LogP contribution in [0.4, 0.5) is 11.4 Å². The maximum Gasteiger partial charge on any atom is 0.260 e. The standard InChI is InChI=1S/C28H23Cl2N3O4/c1-36-24-12-11-21(25(30)26(24)37-2)27(34)31-18-9-10-20(22(29)14-18)28(35)33-16-19-7-5-13-32(19)15-17-6-3-4-8-23(17)33/h3-14H,15-16H2,1-2H3,(H,31,34). The average Bonchev–Trinajstić information content (AvgIpc) is 3.26. The maximum absolute atomic E-state index is 13.7. The van der Waals surface area contributed by atoms with Gasteiger partial charge >= 0.3 is 0 Å². The van der Waals surface area contributed by atoms with E-state index < -0.39 is 5.91 Å². The Balaban J connectivity index is 1.41. The van der Waals surface area contributed by atoms with Crippen LogP contribution < -0.4 is 19.7 Å². The van der Waals surface area contributed by atoms with Gasteiger partial charge < -0.3 is 24.3 Å². The van der Waals surface area contributed by atoms with E-state index in [0.717, 1.165) is 16.9 Å². The van der Waals surface area contributed by atoms with Gasteiger partial charge in [0.1, 0.15) is 0 Å². The summed E-state index contributed by atoms with van der Waals surface area (Å²) in [6.07, 6.45) is 2.01. The fourth-order valence-corrected chi connectivity index (χ4v) is 5.02. The monoisotopic (exact) mass is 535 g/mol. The molecule has 0 atom stereocenters. The Hall–Kier alpha value is -3.94. The predicted molar refractivity (Wildman–Crippen MR) is 144 cm³/mol. The van der Waals surface area contributed by atoms with Crippen molar-refractivity contribution in [1.82, 2.24) is 4.57 Å². The molecule has 5 rings (SSSR count).